The van der Waals surface area contributed by atoms with Crippen molar-refractivity contribution < 1.29 is 0 Å². The molecular formula is C16H12N2. The lowest BCUT2D eigenvalue weighted by Gasteiger charge is -2.24. The predicted molar refractivity (Wildman–Crippen MR) is 77.1 cm³/mol. The minimum Gasteiger partial charge on any atom is -0.352 e. The average Bonchev–Trinajstić information content (AvgIpc) is 2.43. The third-order valence-corrected chi connectivity index (χ3v) is 3.01. The molecule has 2 N–H and O–H groups in total. The van der Waals surface area contributed by atoms with Crippen LogP contribution in [0, 0.1) is 0 Å². The van der Waals surface area contributed by atoms with Gasteiger partial charge in [-0.25, -0.2) is 0 Å². The van der Waals surface area contributed by atoms with Gasteiger partial charge in [-0.2, -0.15) is 0 Å². The molecule has 0 saturated heterocycles. The molecular weight excluding hydrogens is 220 g/mol. The Bertz CT molecular complexity index is 633. The normalized spacial score (nSPS) is 14.4. The van der Waals surface area contributed by atoms with Crippen molar-refractivity contribution in [3.05, 3.63) is 71.4 Å². The number of fused-ring (bicyclic) bond motifs is 1. The molecule has 0 saturated carbocycles. The molecule has 2 aliphatic rings. The summed E-state index contributed by atoms with van der Waals surface area (Å²) in [6.07, 6.45) is 7.42. The maximum Gasteiger partial charge on any atom is 0.0715 e. The van der Waals surface area contributed by atoms with Crippen LogP contribution in [0.5, 0.6) is 0 Å². The van der Waals surface area contributed by atoms with E-state index >= 15 is 0 Å². The van der Waals surface area contributed by atoms with E-state index < -0.39 is 0 Å². The molecule has 0 bridgehead atoms. The van der Waals surface area contributed by atoms with Gasteiger partial charge < -0.3 is 10.6 Å². The van der Waals surface area contributed by atoms with Crippen LogP contribution in [0.1, 0.15) is 11.1 Å². The topological polar surface area (TPSA) is 24.1 Å². The van der Waals surface area contributed by atoms with E-state index in [4.69, 9.17) is 0 Å². The van der Waals surface area contributed by atoms with Crippen LogP contribution in [-0.4, -0.2) is 0 Å². The van der Waals surface area contributed by atoms with Crippen LogP contribution in [0.25, 0.3) is 12.2 Å². The number of anilines is 2. The van der Waals surface area contributed by atoms with Crippen LogP contribution in [0.3, 0.4) is 0 Å². The molecule has 1 aliphatic heterocycles. The summed E-state index contributed by atoms with van der Waals surface area (Å²) in [5, 5.41) is 6.74. The molecule has 0 fully saturated rings. The van der Waals surface area contributed by atoms with Crippen molar-refractivity contribution in [3.63, 3.8) is 0 Å². The van der Waals surface area contributed by atoms with Gasteiger partial charge in [0.05, 0.1) is 22.8 Å². The van der Waals surface area contributed by atoms with Gasteiger partial charge in [0.1, 0.15) is 0 Å². The summed E-state index contributed by atoms with van der Waals surface area (Å²) in [6, 6.07) is 4.12. The van der Waals surface area contributed by atoms with Crippen LogP contribution in [0.4, 0.5) is 11.4 Å². The van der Waals surface area contributed by atoms with Crippen molar-refractivity contribution in [1.29, 1.82) is 0 Å². The first-order chi connectivity index (χ1) is 8.81. The molecule has 1 aromatic rings. The van der Waals surface area contributed by atoms with Gasteiger partial charge in [-0.1, -0.05) is 36.8 Å². The van der Waals surface area contributed by atoms with E-state index in [2.05, 4.69) is 47.4 Å². The van der Waals surface area contributed by atoms with Crippen LogP contribution in [0.2, 0.25) is 0 Å². The molecule has 18 heavy (non-hydrogen) atoms. The van der Waals surface area contributed by atoms with Gasteiger partial charge in [0, 0.05) is 12.2 Å². The number of nitrogens with one attached hydrogen (secondary N) is 2. The molecule has 0 unspecified atom stereocenters. The highest BCUT2D eigenvalue weighted by Crippen LogP contribution is 2.34. The summed E-state index contributed by atoms with van der Waals surface area (Å²) in [5.41, 5.74) is 12.1. The van der Waals surface area contributed by atoms with E-state index in [0.717, 1.165) is 33.9 Å². The average molecular weight is 232 g/mol. The first-order valence-corrected chi connectivity index (χ1v) is 5.70. The summed E-state index contributed by atoms with van der Waals surface area (Å²) in [5.74, 6) is 0. The fourth-order valence-electron chi connectivity index (χ4n) is 2.07. The highest BCUT2D eigenvalue weighted by Gasteiger charge is 2.16. The zero-order chi connectivity index (χ0) is 12.5. The maximum absolute atomic E-state index is 3.83. The van der Waals surface area contributed by atoms with Crippen molar-refractivity contribution in [2.45, 2.75) is 0 Å². The fourth-order valence-corrected chi connectivity index (χ4v) is 2.07. The van der Waals surface area contributed by atoms with Crippen LogP contribution < -0.4 is 10.6 Å². The van der Waals surface area contributed by atoms with Crippen LogP contribution in [-0.2, 0) is 0 Å². The van der Waals surface area contributed by atoms with Gasteiger partial charge in [-0.15, -0.1) is 0 Å². The van der Waals surface area contributed by atoms with E-state index in [-0.39, 0.29) is 0 Å². The van der Waals surface area contributed by atoms with E-state index in [9.17, 15) is 0 Å². The molecule has 86 valence electrons. The molecule has 1 aliphatic carbocycles. The molecule has 0 amide bonds. The Morgan fingerprint density at radius 1 is 0.833 bits per heavy atom. The second-order valence-corrected chi connectivity index (χ2v) is 4.09. The largest absolute Gasteiger partial charge is 0.352 e. The van der Waals surface area contributed by atoms with E-state index in [1.165, 1.54) is 0 Å². The molecule has 2 nitrogen and oxygen atoms in total. The van der Waals surface area contributed by atoms with Crippen LogP contribution in [0.15, 0.2) is 60.3 Å². The second-order valence-electron chi connectivity index (χ2n) is 4.09. The monoisotopic (exact) mass is 232 g/mol. The zero-order valence-electron chi connectivity index (χ0n) is 9.88. The van der Waals surface area contributed by atoms with Gasteiger partial charge in [0.15, 0.2) is 0 Å². The lowest BCUT2D eigenvalue weighted by Crippen LogP contribution is -2.15. The van der Waals surface area contributed by atoms with E-state index in [1.807, 2.05) is 24.3 Å². The molecule has 1 aromatic carbocycles. The van der Waals surface area contributed by atoms with Gasteiger partial charge in [-0.3, -0.25) is 0 Å². The van der Waals surface area contributed by atoms with Gasteiger partial charge in [-0.05, 0) is 23.3 Å². The Morgan fingerprint density at radius 2 is 1.28 bits per heavy atom. The molecule has 0 spiro atoms. The Hall–Kier alpha value is -2.66. The van der Waals surface area contributed by atoms with Crippen molar-refractivity contribution in [1.82, 2.24) is 0 Å². The third kappa shape index (κ3) is 1.54. The molecule has 0 radical (unpaired) electrons. The minimum absolute atomic E-state index is 1.00. The SMILES string of the molecule is C=Cc1cc2c(cc1C=C)NC1=C(C=C=C=C1)N2. The first kappa shape index (κ1) is 10.5. The highest BCUT2D eigenvalue weighted by atomic mass is 15.0. The molecule has 1 heterocycles. The van der Waals surface area contributed by atoms with Crippen molar-refractivity contribution in [2.75, 3.05) is 10.6 Å². The Morgan fingerprint density at radius 3 is 1.67 bits per heavy atom. The number of benzene rings is 1. The van der Waals surface area contributed by atoms with Crippen LogP contribution >= 0.6 is 0 Å². The summed E-state index contributed by atoms with van der Waals surface area (Å²) < 4.78 is 0. The summed E-state index contributed by atoms with van der Waals surface area (Å²) in [6.45, 7) is 7.65. The molecule has 2 heteroatoms. The number of hydrogen-bond acceptors (Lipinski definition) is 2. The fraction of sp³-hybridized carbons (Fsp3) is 0. The summed E-state index contributed by atoms with van der Waals surface area (Å²) in [4.78, 5) is 0. The number of allylic oxidation sites excluding steroid dienone is 2. The Kier molecular flexibility index (Phi) is 2.32. The van der Waals surface area contributed by atoms with Crippen molar-refractivity contribution in [3.8, 4) is 0 Å². The quantitative estimate of drug-likeness (QED) is 0.756. The highest BCUT2D eigenvalue weighted by molar-refractivity contribution is 5.84. The van der Waals surface area contributed by atoms with Crippen molar-refractivity contribution in [2.24, 2.45) is 0 Å². The third-order valence-electron chi connectivity index (χ3n) is 3.01. The lowest BCUT2D eigenvalue weighted by atomic mass is 10.0. The number of hydrogen-bond donors (Lipinski definition) is 2. The Labute approximate surface area is 106 Å². The van der Waals surface area contributed by atoms with Gasteiger partial charge in [0.2, 0.25) is 0 Å². The summed E-state index contributed by atoms with van der Waals surface area (Å²) >= 11 is 0. The van der Waals surface area contributed by atoms with Gasteiger partial charge in [0.25, 0.3) is 0 Å². The zero-order valence-corrected chi connectivity index (χ0v) is 9.88. The maximum atomic E-state index is 3.83. The smallest absolute Gasteiger partial charge is 0.0715 e. The lowest BCUT2D eigenvalue weighted by molar-refractivity contribution is 1.30. The molecule has 0 aromatic heterocycles. The summed E-state index contributed by atoms with van der Waals surface area (Å²) in [7, 11) is 0. The van der Waals surface area contributed by atoms with Crippen molar-refractivity contribution >= 4 is 23.5 Å². The first-order valence-electron chi connectivity index (χ1n) is 5.70. The van der Waals surface area contributed by atoms with E-state index in [0.29, 0.717) is 0 Å². The molecule has 3 rings (SSSR count). The molecule has 0 atom stereocenters. The standard InChI is InChI=1S/C16H12N2/c1-3-11-9-15-16(10-12(11)4-2)18-14-8-6-5-7-13(14)17-15/h3-4,7-10,17-18H,1-2H2. The Balaban J connectivity index is 2.11. The predicted octanol–water partition coefficient (Wildman–Crippen LogP) is 3.90. The minimum atomic E-state index is 1.00. The number of rotatable bonds is 2. The second kappa shape index (κ2) is 3.97. The van der Waals surface area contributed by atoms with E-state index in [1.54, 1.807) is 0 Å². The van der Waals surface area contributed by atoms with Gasteiger partial charge >= 0.3 is 0 Å².